The van der Waals surface area contributed by atoms with E-state index in [1.54, 1.807) is 4.90 Å². The molecule has 5 nitrogen and oxygen atoms in total. The molecule has 110 valence electrons. The molecule has 1 N–H and O–H groups in total. The maximum Gasteiger partial charge on any atom is 0.410 e. The molecule has 2 saturated heterocycles. The van der Waals surface area contributed by atoms with E-state index in [9.17, 15) is 9.90 Å². The second-order valence-electron chi connectivity index (χ2n) is 6.88. The average molecular weight is 270 g/mol. The van der Waals surface area contributed by atoms with E-state index in [4.69, 9.17) is 4.74 Å². The molecule has 0 radical (unpaired) electrons. The van der Waals surface area contributed by atoms with Crippen molar-refractivity contribution in [2.24, 2.45) is 5.92 Å². The van der Waals surface area contributed by atoms with Gasteiger partial charge in [-0.3, -0.25) is 4.90 Å². The summed E-state index contributed by atoms with van der Waals surface area (Å²) in [6, 6.07) is 0. The summed E-state index contributed by atoms with van der Waals surface area (Å²) < 4.78 is 5.44. The molecule has 0 aromatic rings. The van der Waals surface area contributed by atoms with Gasteiger partial charge in [0.25, 0.3) is 0 Å². The first-order valence-electron chi connectivity index (χ1n) is 7.08. The molecular formula is C14H26N2O3. The van der Waals surface area contributed by atoms with Crippen LogP contribution in [0, 0.1) is 5.92 Å². The molecule has 1 amide bonds. The van der Waals surface area contributed by atoms with Crippen LogP contribution in [0.2, 0.25) is 0 Å². The van der Waals surface area contributed by atoms with Crippen molar-refractivity contribution in [2.75, 3.05) is 33.3 Å². The van der Waals surface area contributed by atoms with Crippen LogP contribution in [0.1, 0.15) is 33.6 Å². The number of nitrogens with zero attached hydrogens (tertiary/aromatic N) is 2. The molecule has 2 rings (SSSR count). The molecule has 2 fully saturated rings. The van der Waals surface area contributed by atoms with E-state index < -0.39 is 5.60 Å². The molecule has 0 saturated carbocycles. The number of likely N-dealkylation sites (N-methyl/N-ethyl adjacent to an activating group) is 1. The van der Waals surface area contributed by atoms with Crippen molar-refractivity contribution in [3.8, 4) is 0 Å². The number of piperidine rings is 1. The van der Waals surface area contributed by atoms with Gasteiger partial charge in [0.15, 0.2) is 0 Å². The summed E-state index contributed by atoms with van der Waals surface area (Å²) in [7, 11) is 2.04. The lowest BCUT2D eigenvalue weighted by molar-refractivity contribution is -0.00442. The number of aliphatic hydroxyl groups is 1. The number of hydrogen-bond acceptors (Lipinski definition) is 4. The molecule has 0 spiro atoms. The molecule has 19 heavy (non-hydrogen) atoms. The third-order valence-corrected chi connectivity index (χ3v) is 4.40. The van der Waals surface area contributed by atoms with Crippen LogP contribution in [0.4, 0.5) is 4.79 Å². The van der Waals surface area contributed by atoms with Gasteiger partial charge in [0.2, 0.25) is 0 Å². The fraction of sp³-hybridized carbons (Fsp3) is 0.929. The summed E-state index contributed by atoms with van der Waals surface area (Å²) in [5, 5.41) is 9.83. The van der Waals surface area contributed by atoms with E-state index in [0.717, 1.165) is 19.4 Å². The number of hydrogen-bond donors (Lipinski definition) is 1. The van der Waals surface area contributed by atoms with E-state index in [1.165, 1.54) is 0 Å². The molecule has 2 aliphatic heterocycles. The zero-order valence-electron chi connectivity index (χ0n) is 12.5. The Morgan fingerprint density at radius 3 is 2.68 bits per heavy atom. The number of aliphatic hydroxyl groups excluding tert-OH is 1. The van der Waals surface area contributed by atoms with Crippen LogP contribution in [0.5, 0.6) is 0 Å². The van der Waals surface area contributed by atoms with Gasteiger partial charge in [-0.05, 0) is 53.1 Å². The maximum absolute atomic E-state index is 12.2. The monoisotopic (exact) mass is 270 g/mol. The van der Waals surface area contributed by atoms with Gasteiger partial charge in [0.1, 0.15) is 5.60 Å². The highest BCUT2D eigenvalue weighted by Gasteiger charge is 2.52. The average Bonchev–Trinajstić information content (AvgIpc) is 2.68. The minimum Gasteiger partial charge on any atom is -0.444 e. The van der Waals surface area contributed by atoms with Crippen LogP contribution >= 0.6 is 0 Å². The molecule has 2 heterocycles. The van der Waals surface area contributed by atoms with E-state index in [0.29, 0.717) is 19.0 Å². The third-order valence-electron chi connectivity index (χ3n) is 4.40. The SMILES string of the molecule is CN1CCC[C@H]2CN(C(=O)OC(C)(C)C)C[C@@]21CO. The van der Waals surface area contributed by atoms with Crippen molar-refractivity contribution in [3.63, 3.8) is 0 Å². The highest BCUT2D eigenvalue weighted by Crippen LogP contribution is 2.39. The number of rotatable bonds is 1. The lowest BCUT2D eigenvalue weighted by Crippen LogP contribution is -2.58. The van der Waals surface area contributed by atoms with Crippen molar-refractivity contribution in [2.45, 2.75) is 44.8 Å². The quantitative estimate of drug-likeness (QED) is 0.780. The molecule has 0 aromatic carbocycles. The zero-order valence-corrected chi connectivity index (χ0v) is 12.5. The van der Waals surface area contributed by atoms with Crippen LogP contribution in [0.3, 0.4) is 0 Å². The molecule has 2 aliphatic rings. The van der Waals surface area contributed by atoms with E-state index in [2.05, 4.69) is 4.90 Å². The van der Waals surface area contributed by atoms with Crippen LogP contribution in [-0.4, -0.2) is 65.4 Å². The first kappa shape index (κ1) is 14.6. The highest BCUT2D eigenvalue weighted by atomic mass is 16.6. The number of likely N-dealkylation sites (tertiary alicyclic amines) is 2. The second-order valence-corrected chi connectivity index (χ2v) is 6.88. The number of fused-ring (bicyclic) bond motifs is 1. The first-order valence-corrected chi connectivity index (χ1v) is 7.08. The fourth-order valence-corrected chi connectivity index (χ4v) is 3.32. The minimum atomic E-state index is -0.469. The molecule has 5 heteroatoms. The molecule has 0 bridgehead atoms. The Labute approximate surface area is 115 Å². The predicted molar refractivity (Wildman–Crippen MR) is 73.0 cm³/mol. The lowest BCUT2D eigenvalue weighted by atomic mass is 9.80. The molecule has 0 aliphatic carbocycles. The van der Waals surface area contributed by atoms with Crippen molar-refractivity contribution < 1.29 is 14.6 Å². The minimum absolute atomic E-state index is 0.105. The summed E-state index contributed by atoms with van der Waals surface area (Å²) >= 11 is 0. The van der Waals surface area contributed by atoms with Crippen LogP contribution < -0.4 is 0 Å². The Morgan fingerprint density at radius 2 is 2.16 bits per heavy atom. The molecule has 0 unspecified atom stereocenters. The number of carbonyl (C=O) groups excluding carboxylic acids is 1. The Bertz CT molecular complexity index is 353. The van der Waals surface area contributed by atoms with Crippen LogP contribution in [-0.2, 0) is 4.74 Å². The van der Waals surface area contributed by atoms with E-state index >= 15 is 0 Å². The number of ether oxygens (including phenoxy) is 1. The Morgan fingerprint density at radius 1 is 1.47 bits per heavy atom. The van der Waals surface area contributed by atoms with Crippen molar-refractivity contribution in [1.82, 2.24) is 9.80 Å². The van der Waals surface area contributed by atoms with Gasteiger partial charge >= 0.3 is 6.09 Å². The summed E-state index contributed by atoms with van der Waals surface area (Å²) in [5.41, 5.74) is -0.738. The largest absolute Gasteiger partial charge is 0.444 e. The highest BCUT2D eigenvalue weighted by molar-refractivity contribution is 5.69. The summed E-state index contributed by atoms with van der Waals surface area (Å²) in [5.74, 6) is 0.351. The van der Waals surface area contributed by atoms with Gasteiger partial charge in [-0.25, -0.2) is 4.79 Å². The third kappa shape index (κ3) is 2.72. The Kier molecular flexibility index (Phi) is 3.80. The number of carbonyl (C=O) groups is 1. The van der Waals surface area contributed by atoms with Gasteiger partial charge < -0.3 is 14.7 Å². The van der Waals surface area contributed by atoms with Gasteiger partial charge in [-0.1, -0.05) is 0 Å². The van der Waals surface area contributed by atoms with Gasteiger partial charge in [0, 0.05) is 13.1 Å². The molecular weight excluding hydrogens is 244 g/mol. The Balaban J connectivity index is 2.10. The van der Waals surface area contributed by atoms with Crippen LogP contribution in [0.25, 0.3) is 0 Å². The predicted octanol–water partition coefficient (Wildman–Crippen LogP) is 1.31. The van der Waals surface area contributed by atoms with E-state index in [-0.39, 0.29) is 18.2 Å². The maximum atomic E-state index is 12.2. The standard InChI is InChI=1S/C14H26N2O3/c1-13(2,3)19-12(18)16-8-11-6-5-7-15(4)14(11,9-16)10-17/h11,17H,5-10H2,1-4H3/t11-,14+/m0/s1. The second kappa shape index (κ2) is 4.94. The van der Waals surface area contributed by atoms with Gasteiger partial charge in [0.05, 0.1) is 12.1 Å². The zero-order chi connectivity index (χ0) is 14.3. The van der Waals surface area contributed by atoms with E-state index in [1.807, 2.05) is 27.8 Å². The summed E-state index contributed by atoms with van der Waals surface area (Å²) in [4.78, 5) is 16.1. The van der Waals surface area contributed by atoms with Gasteiger partial charge in [-0.2, -0.15) is 0 Å². The summed E-state index contributed by atoms with van der Waals surface area (Å²) in [6.07, 6.45) is 1.94. The number of amides is 1. The van der Waals surface area contributed by atoms with Gasteiger partial charge in [-0.15, -0.1) is 0 Å². The van der Waals surface area contributed by atoms with Crippen molar-refractivity contribution >= 4 is 6.09 Å². The lowest BCUT2D eigenvalue weighted by Gasteiger charge is -2.45. The smallest absolute Gasteiger partial charge is 0.410 e. The Hall–Kier alpha value is -0.810. The molecule has 0 aromatic heterocycles. The van der Waals surface area contributed by atoms with Crippen molar-refractivity contribution in [3.05, 3.63) is 0 Å². The molecule has 2 atom stereocenters. The normalized spacial score (nSPS) is 32.3. The van der Waals surface area contributed by atoms with Crippen molar-refractivity contribution in [1.29, 1.82) is 0 Å². The first-order chi connectivity index (χ1) is 8.78. The topological polar surface area (TPSA) is 53.0 Å². The summed E-state index contributed by atoms with van der Waals surface area (Å²) in [6.45, 7) is 7.98. The fourth-order valence-electron chi connectivity index (χ4n) is 3.32. The van der Waals surface area contributed by atoms with Crippen LogP contribution in [0.15, 0.2) is 0 Å².